The van der Waals surface area contributed by atoms with E-state index in [-0.39, 0.29) is 25.2 Å². The van der Waals surface area contributed by atoms with Gasteiger partial charge >= 0.3 is 0 Å². The highest BCUT2D eigenvalue weighted by molar-refractivity contribution is 5.25. The summed E-state index contributed by atoms with van der Waals surface area (Å²) in [5.41, 5.74) is 0.937. The lowest BCUT2D eigenvalue weighted by atomic mass is 10.0. The van der Waals surface area contributed by atoms with E-state index in [1.807, 2.05) is 30.3 Å². The molecule has 4 nitrogen and oxygen atoms in total. The van der Waals surface area contributed by atoms with Crippen molar-refractivity contribution in [3.63, 3.8) is 0 Å². The van der Waals surface area contributed by atoms with Gasteiger partial charge in [-0.2, -0.15) is 5.26 Å². The maximum atomic E-state index is 9.02. The summed E-state index contributed by atoms with van der Waals surface area (Å²) in [7, 11) is 0. The molecule has 0 amide bonds. The summed E-state index contributed by atoms with van der Waals surface area (Å²) in [6.07, 6.45) is 0. The van der Waals surface area contributed by atoms with Gasteiger partial charge in [-0.1, -0.05) is 30.3 Å². The fraction of sp³-hybridized carbons (Fsp3) is 0.417. The normalized spacial score (nSPS) is 12.4. The summed E-state index contributed by atoms with van der Waals surface area (Å²) in [5, 5.41) is 29.7. The molecule has 0 fully saturated rings. The van der Waals surface area contributed by atoms with Gasteiger partial charge in [-0.3, -0.25) is 0 Å². The molecule has 0 aromatic heterocycles. The van der Waals surface area contributed by atoms with Crippen molar-refractivity contribution < 1.29 is 10.2 Å². The van der Waals surface area contributed by atoms with Gasteiger partial charge in [0, 0.05) is 6.54 Å². The monoisotopic (exact) mass is 220 g/mol. The zero-order valence-corrected chi connectivity index (χ0v) is 9.00. The molecule has 3 N–H and O–H groups in total. The Morgan fingerprint density at radius 3 is 2.31 bits per heavy atom. The maximum Gasteiger partial charge on any atom is 0.0837 e. The number of hydrogen-bond acceptors (Lipinski definition) is 4. The summed E-state index contributed by atoms with van der Waals surface area (Å²) < 4.78 is 0. The number of hydrogen-bond donors (Lipinski definition) is 3. The third-order valence-corrected chi connectivity index (χ3v) is 2.41. The van der Waals surface area contributed by atoms with Crippen LogP contribution in [0.15, 0.2) is 30.3 Å². The first-order valence-corrected chi connectivity index (χ1v) is 5.21. The van der Waals surface area contributed by atoms with E-state index < -0.39 is 0 Å². The van der Waals surface area contributed by atoms with Crippen LogP contribution in [0.1, 0.15) is 11.5 Å². The average Bonchev–Trinajstić information content (AvgIpc) is 2.36. The van der Waals surface area contributed by atoms with Crippen molar-refractivity contribution in [2.24, 2.45) is 0 Å². The maximum absolute atomic E-state index is 9.02. The van der Waals surface area contributed by atoms with Gasteiger partial charge in [-0.25, -0.2) is 0 Å². The second kappa shape index (κ2) is 6.96. The number of aliphatic hydroxyl groups excluding tert-OH is 2. The third kappa shape index (κ3) is 3.63. The van der Waals surface area contributed by atoms with Gasteiger partial charge in [0.15, 0.2) is 0 Å². The Kier molecular flexibility index (Phi) is 5.51. The molecule has 0 aliphatic rings. The van der Waals surface area contributed by atoms with Gasteiger partial charge in [-0.15, -0.1) is 0 Å². The molecule has 0 saturated carbocycles. The van der Waals surface area contributed by atoms with Crippen LogP contribution in [0, 0.1) is 11.3 Å². The summed E-state index contributed by atoms with van der Waals surface area (Å²) in [4.78, 5) is 0. The lowest BCUT2D eigenvalue weighted by Crippen LogP contribution is -2.38. The molecule has 0 heterocycles. The zero-order chi connectivity index (χ0) is 11.8. The minimum Gasteiger partial charge on any atom is -0.395 e. The van der Waals surface area contributed by atoms with Crippen LogP contribution in [0.5, 0.6) is 0 Å². The number of nitrogens with zero attached hydrogens (tertiary/aromatic N) is 1. The van der Waals surface area contributed by atoms with Crippen molar-refractivity contribution in [1.29, 1.82) is 5.26 Å². The van der Waals surface area contributed by atoms with E-state index in [4.69, 9.17) is 15.5 Å². The zero-order valence-electron chi connectivity index (χ0n) is 9.00. The van der Waals surface area contributed by atoms with Crippen LogP contribution < -0.4 is 5.32 Å². The molecule has 0 aliphatic carbocycles. The first-order valence-electron chi connectivity index (χ1n) is 5.21. The molecule has 16 heavy (non-hydrogen) atoms. The Balaban J connectivity index is 2.54. The van der Waals surface area contributed by atoms with Crippen LogP contribution in [0.2, 0.25) is 0 Å². The van der Waals surface area contributed by atoms with Crippen molar-refractivity contribution in [3.05, 3.63) is 35.9 Å². The van der Waals surface area contributed by atoms with Crippen LogP contribution in [-0.2, 0) is 0 Å². The van der Waals surface area contributed by atoms with Gasteiger partial charge < -0.3 is 15.5 Å². The molecule has 86 valence electrons. The summed E-state index contributed by atoms with van der Waals surface area (Å²) in [6, 6.07) is 11.3. The van der Waals surface area contributed by atoms with Crippen LogP contribution in [0.4, 0.5) is 0 Å². The topological polar surface area (TPSA) is 76.3 Å². The fourth-order valence-corrected chi connectivity index (χ4v) is 1.39. The van der Waals surface area contributed by atoms with E-state index in [1.165, 1.54) is 0 Å². The molecule has 4 heteroatoms. The standard InChI is InChI=1S/C12H16N2O2/c13-6-11(7-14-12(8-15)9-16)10-4-2-1-3-5-10/h1-5,11-12,14-16H,7-9H2. The Labute approximate surface area is 95.2 Å². The van der Waals surface area contributed by atoms with Crippen LogP contribution in [-0.4, -0.2) is 36.0 Å². The van der Waals surface area contributed by atoms with E-state index in [1.54, 1.807) is 0 Å². The first-order chi connectivity index (χ1) is 7.81. The SMILES string of the molecule is N#CC(CNC(CO)CO)c1ccccc1. The molecular formula is C12H16N2O2. The number of benzene rings is 1. The first kappa shape index (κ1) is 12.7. The molecule has 0 aliphatic heterocycles. The van der Waals surface area contributed by atoms with E-state index in [9.17, 15) is 0 Å². The number of nitrogens with one attached hydrogen (secondary N) is 1. The minimum atomic E-state index is -0.362. The quantitative estimate of drug-likeness (QED) is 0.641. The highest BCUT2D eigenvalue weighted by Gasteiger charge is 2.12. The largest absolute Gasteiger partial charge is 0.395 e. The van der Waals surface area contributed by atoms with E-state index >= 15 is 0 Å². The van der Waals surface area contributed by atoms with Gasteiger partial charge in [0.25, 0.3) is 0 Å². The smallest absolute Gasteiger partial charge is 0.0837 e. The predicted molar refractivity (Wildman–Crippen MR) is 60.8 cm³/mol. The molecular weight excluding hydrogens is 204 g/mol. The van der Waals surface area contributed by atoms with E-state index in [2.05, 4.69) is 11.4 Å². The van der Waals surface area contributed by atoms with Gasteiger partial charge in [0.05, 0.1) is 31.2 Å². The molecule has 1 rings (SSSR count). The lowest BCUT2D eigenvalue weighted by molar-refractivity contribution is 0.171. The van der Waals surface area contributed by atoms with Gasteiger partial charge in [0.1, 0.15) is 0 Å². The summed E-state index contributed by atoms with van der Waals surface area (Å²) in [6.45, 7) is 0.152. The molecule has 0 saturated heterocycles. The van der Waals surface area contributed by atoms with Crippen molar-refractivity contribution in [3.8, 4) is 6.07 Å². The molecule has 0 spiro atoms. The van der Waals surface area contributed by atoms with E-state index in [0.717, 1.165) is 5.56 Å². The Morgan fingerprint density at radius 2 is 1.81 bits per heavy atom. The number of nitriles is 1. The fourth-order valence-electron chi connectivity index (χ4n) is 1.39. The third-order valence-electron chi connectivity index (χ3n) is 2.41. The molecule has 0 bridgehead atoms. The number of aliphatic hydroxyl groups is 2. The predicted octanol–water partition coefficient (Wildman–Crippen LogP) is 0.237. The van der Waals surface area contributed by atoms with E-state index in [0.29, 0.717) is 6.54 Å². The van der Waals surface area contributed by atoms with Crippen LogP contribution in [0.3, 0.4) is 0 Å². The Hall–Kier alpha value is -1.41. The van der Waals surface area contributed by atoms with Crippen molar-refractivity contribution >= 4 is 0 Å². The lowest BCUT2D eigenvalue weighted by Gasteiger charge is -2.16. The Morgan fingerprint density at radius 1 is 1.19 bits per heavy atom. The molecule has 1 unspecified atom stereocenters. The van der Waals surface area contributed by atoms with Crippen molar-refractivity contribution in [2.45, 2.75) is 12.0 Å². The molecule has 1 aromatic carbocycles. The average molecular weight is 220 g/mol. The minimum absolute atomic E-state index is 0.135. The number of rotatable bonds is 6. The summed E-state index contributed by atoms with van der Waals surface area (Å²) in [5.74, 6) is -0.262. The highest BCUT2D eigenvalue weighted by Crippen LogP contribution is 2.13. The van der Waals surface area contributed by atoms with Gasteiger partial charge in [0.2, 0.25) is 0 Å². The summed E-state index contributed by atoms with van der Waals surface area (Å²) >= 11 is 0. The molecule has 0 radical (unpaired) electrons. The van der Waals surface area contributed by atoms with Crippen LogP contribution >= 0.6 is 0 Å². The van der Waals surface area contributed by atoms with Crippen molar-refractivity contribution in [2.75, 3.05) is 19.8 Å². The van der Waals surface area contributed by atoms with Gasteiger partial charge in [-0.05, 0) is 5.56 Å². The second-order valence-electron chi connectivity index (χ2n) is 3.56. The second-order valence-corrected chi connectivity index (χ2v) is 3.56. The highest BCUT2D eigenvalue weighted by atomic mass is 16.3. The Bertz CT molecular complexity index is 331. The van der Waals surface area contributed by atoms with Crippen LogP contribution in [0.25, 0.3) is 0 Å². The van der Waals surface area contributed by atoms with Crippen molar-refractivity contribution in [1.82, 2.24) is 5.32 Å². The molecule has 1 aromatic rings. The molecule has 1 atom stereocenters.